The van der Waals surface area contributed by atoms with Gasteiger partial charge in [0.1, 0.15) is 17.3 Å². The highest BCUT2D eigenvalue weighted by molar-refractivity contribution is 6.46. The van der Waals surface area contributed by atoms with Gasteiger partial charge in [0.25, 0.3) is 11.7 Å². The molecule has 1 aliphatic rings. The van der Waals surface area contributed by atoms with E-state index in [0.29, 0.717) is 25.2 Å². The minimum absolute atomic E-state index is 0.0422. The number of ether oxygens (including phenoxy) is 1. The fourth-order valence-electron chi connectivity index (χ4n) is 3.36. The number of hydrogen-bond acceptors (Lipinski definition) is 5. The summed E-state index contributed by atoms with van der Waals surface area (Å²) in [4.78, 5) is 26.9. The number of halogens is 1. The summed E-state index contributed by atoms with van der Waals surface area (Å²) in [6, 6.07) is 10.3. The lowest BCUT2D eigenvalue weighted by molar-refractivity contribution is -0.140. The molecule has 152 valence electrons. The van der Waals surface area contributed by atoms with Crippen LogP contribution in [0.3, 0.4) is 0 Å². The van der Waals surface area contributed by atoms with Crippen molar-refractivity contribution >= 4 is 17.4 Å². The van der Waals surface area contributed by atoms with E-state index in [9.17, 15) is 24.2 Å². The molecular formula is C22H22FNO5. The largest absolute Gasteiger partial charge is 0.508 e. The Kier molecular flexibility index (Phi) is 6.29. The molecule has 1 fully saturated rings. The highest BCUT2D eigenvalue weighted by Gasteiger charge is 2.45. The molecular weight excluding hydrogens is 377 g/mol. The zero-order valence-corrected chi connectivity index (χ0v) is 16.0. The molecule has 2 aromatic carbocycles. The first kappa shape index (κ1) is 20.5. The summed E-state index contributed by atoms with van der Waals surface area (Å²) in [6.07, 6.45) is 0.520. The summed E-state index contributed by atoms with van der Waals surface area (Å²) in [5.41, 5.74) is 0.744. The Morgan fingerprint density at radius 1 is 1.10 bits per heavy atom. The summed E-state index contributed by atoms with van der Waals surface area (Å²) in [7, 11) is 0. The Morgan fingerprint density at radius 3 is 2.38 bits per heavy atom. The highest BCUT2D eigenvalue weighted by Crippen LogP contribution is 2.39. The number of hydrogen-bond donors (Lipinski definition) is 2. The number of aliphatic hydroxyl groups excluding tert-OH is 1. The third-order valence-electron chi connectivity index (χ3n) is 4.76. The van der Waals surface area contributed by atoms with E-state index in [1.54, 1.807) is 12.1 Å². The summed E-state index contributed by atoms with van der Waals surface area (Å²) in [5.74, 6) is -2.33. The molecule has 1 aliphatic heterocycles. The van der Waals surface area contributed by atoms with Gasteiger partial charge in [-0.1, -0.05) is 12.1 Å². The molecule has 7 heteroatoms. The highest BCUT2D eigenvalue weighted by atomic mass is 19.1. The molecule has 0 spiro atoms. The van der Waals surface area contributed by atoms with Crippen molar-refractivity contribution in [2.75, 3.05) is 19.8 Å². The van der Waals surface area contributed by atoms with Crippen molar-refractivity contribution in [3.8, 4) is 5.75 Å². The fourth-order valence-corrected chi connectivity index (χ4v) is 3.36. The number of phenols is 1. The van der Waals surface area contributed by atoms with E-state index >= 15 is 0 Å². The lowest BCUT2D eigenvalue weighted by Gasteiger charge is -2.25. The van der Waals surface area contributed by atoms with Crippen molar-refractivity contribution in [1.82, 2.24) is 4.90 Å². The maximum atomic E-state index is 13.2. The molecule has 1 atom stereocenters. The number of amides is 1. The van der Waals surface area contributed by atoms with Crippen molar-refractivity contribution < 1.29 is 28.9 Å². The second-order valence-corrected chi connectivity index (χ2v) is 6.64. The second kappa shape index (κ2) is 8.87. The third-order valence-corrected chi connectivity index (χ3v) is 4.76. The number of rotatable bonds is 7. The van der Waals surface area contributed by atoms with Crippen LogP contribution in [0, 0.1) is 5.82 Å². The Morgan fingerprint density at radius 2 is 1.76 bits per heavy atom. The second-order valence-electron chi connectivity index (χ2n) is 6.64. The summed E-state index contributed by atoms with van der Waals surface area (Å²) >= 11 is 0. The van der Waals surface area contributed by atoms with E-state index < -0.39 is 23.5 Å². The van der Waals surface area contributed by atoms with Crippen molar-refractivity contribution in [3.05, 3.63) is 71.0 Å². The van der Waals surface area contributed by atoms with Gasteiger partial charge >= 0.3 is 0 Å². The normalized spacial score (nSPS) is 18.4. The minimum atomic E-state index is -0.817. The zero-order chi connectivity index (χ0) is 21.0. The van der Waals surface area contributed by atoms with E-state index in [2.05, 4.69) is 0 Å². The van der Waals surface area contributed by atoms with Crippen LogP contribution in [0.15, 0.2) is 54.1 Å². The van der Waals surface area contributed by atoms with E-state index in [0.717, 1.165) is 0 Å². The van der Waals surface area contributed by atoms with Gasteiger partial charge in [0.05, 0.1) is 11.6 Å². The molecule has 0 aromatic heterocycles. The molecule has 6 nitrogen and oxygen atoms in total. The van der Waals surface area contributed by atoms with Gasteiger partial charge in [0.15, 0.2) is 0 Å². The quantitative estimate of drug-likeness (QED) is 0.323. The first-order valence-corrected chi connectivity index (χ1v) is 9.35. The van der Waals surface area contributed by atoms with Crippen LogP contribution in [-0.4, -0.2) is 46.6 Å². The van der Waals surface area contributed by atoms with Crippen LogP contribution in [0.5, 0.6) is 5.75 Å². The smallest absolute Gasteiger partial charge is 0.295 e. The first-order valence-electron chi connectivity index (χ1n) is 9.35. The number of Topliss-reactive ketones (excluding diaryl/α,β-unsaturated/α-hetero) is 1. The fraction of sp³-hybridized carbons (Fsp3) is 0.273. The standard InChI is InChI=1S/C22H22FNO5/c1-2-29-13-3-12-24-19(14-6-10-17(25)11-7-14)18(21(27)22(24)28)20(26)15-4-8-16(23)9-5-15/h4-11,19,25-26H,2-3,12-13H2,1H3/b20-18-. The van der Waals surface area contributed by atoms with Crippen LogP contribution in [0.25, 0.3) is 5.76 Å². The minimum Gasteiger partial charge on any atom is -0.508 e. The Labute approximate surface area is 167 Å². The van der Waals surface area contributed by atoms with Crippen molar-refractivity contribution in [1.29, 1.82) is 0 Å². The van der Waals surface area contributed by atoms with Gasteiger partial charge in [-0.15, -0.1) is 0 Å². The van der Waals surface area contributed by atoms with Crippen LogP contribution in [0.4, 0.5) is 4.39 Å². The Bertz CT molecular complexity index is 921. The van der Waals surface area contributed by atoms with E-state index in [4.69, 9.17) is 4.74 Å². The number of aromatic hydroxyl groups is 1. The third kappa shape index (κ3) is 4.30. The molecule has 1 heterocycles. The predicted molar refractivity (Wildman–Crippen MR) is 105 cm³/mol. The average molecular weight is 399 g/mol. The van der Waals surface area contributed by atoms with Gasteiger partial charge in [0, 0.05) is 25.3 Å². The number of likely N-dealkylation sites (tertiary alicyclic amines) is 1. The summed E-state index contributed by atoms with van der Waals surface area (Å²) in [5, 5.41) is 20.4. The molecule has 0 saturated carbocycles. The maximum Gasteiger partial charge on any atom is 0.295 e. The number of aliphatic hydroxyl groups is 1. The van der Waals surface area contributed by atoms with Gasteiger partial charge in [0.2, 0.25) is 0 Å². The molecule has 0 radical (unpaired) electrons. The van der Waals surface area contributed by atoms with Crippen LogP contribution >= 0.6 is 0 Å². The summed E-state index contributed by atoms with van der Waals surface area (Å²) in [6.45, 7) is 3.10. The number of nitrogens with zero attached hydrogens (tertiary/aromatic N) is 1. The molecule has 0 aliphatic carbocycles. The lowest BCUT2D eigenvalue weighted by atomic mass is 9.95. The molecule has 1 unspecified atom stereocenters. The number of carbonyl (C=O) groups is 2. The van der Waals surface area contributed by atoms with Gasteiger partial charge in [-0.2, -0.15) is 0 Å². The monoisotopic (exact) mass is 399 g/mol. The van der Waals surface area contributed by atoms with Gasteiger partial charge in [-0.05, 0) is 55.3 Å². The molecule has 2 aromatic rings. The van der Waals surface area contributed by atoms with Crippen LogP contribution < -0.4 is 0 Å². The Balaban J connectivity index is 2.05. The Hall–Kier alpha value is -3.19. The zero-order valence-electron chi connectivity index (χ0n) is 16.0. The predicted octanol–water partition coefficient (Wildman–Crippen LogP) is 3.38. The molecule has 2 N–H and O–H groups in total. The molecule has 1 saturated heterocycles. The molecule has 29 heavy (non-hydrogen) atoms. The van der Waals surface area contributed by atoms with Crippen molar-refractivity contribution in [3.63, 3.8) is 0 Å². The lowest BCUT2D eigenvalue weighted by Crippen LogP contribution is -2.31. The van der Waals surface area contributed by atoms with Crippen LogP contribution in [-0.2, 0) is 14.3 Å². The number of benzene rings is 2. The number of carbonyl (C=O) groups excluding carboxylic acids is 2. The van der Waals surface area contributed by atoms with Crippen LogP contribution in [0.2, 0.25) is 0 Å². The first-order chi connectivity index (χ1) is 13.9. The van der Waals surface area contributed by atoms with Gasteiger partial charge in [-0.3, -0.25) is 9.59 Å². The molecule has 0 bridgehead atoms. The van der Waals surface area contributed by atoms with Crippen LogP contribution in [0.1, 0.15) is 30.5 Å². The van der Waals surface area contributed by atoms with Crippen molar-refractivity contribution in [2.24, 2.45) is 0 Å². The number of ketones is 1. The molecule has 3 rings (SSSR count). The van der Waals surface area contributed by atoms with Gasteiger partial charge in [-0.25, -0.2) is 4.39 Å². The topological polar surface area (TPSA) is 87.1 Å². The average Bonchev–Trinajstić information content (AvgIpc) is 2.96. The number of phenolic OH excluding ortho intramolecular Hbond substituents is 1. The van der Waals surface area contributed by atoms with Crippen molar-refractivity contribution in [2.45, 2.75) is 19.4 Å². The van der Waals surface area contributed by atoms with E-state index in [1.165, 1.54) is 41.3 Å². The van der Waals surface area contributed by atoms with Gasteiger partial charge < -0.3 is 19.8 Å². The summed E-state index contributed by atoms with van der Waals surface area (Å²) < 4.78 is 18.6. The maximum absolute atomic E-state index is 13.2. The van der Waals surface area contributed by atoms with E-state index in [-0.39, 0.29) is 29.2 Å². The van der Waals surface area contributed by atoms with E-state index in [1.807, 2.05) is 6.92 Å². The SMILES string of the molecule is CCOCCCN1C(=O)C(=O)/C(=C(\O)c2ccc(F)cc2)C1c1ccc(O)cc1. The molecule has 1 amide bonds.